The van der Waals surface area contributed by atoms with Crippen molar-refractivity contribution in [3.05, 3.63) is 39.6 Å². The molecule has 0 aliphatic heterocycles. The molecule has 2 heterocycles. The first-order valence-electron chi connectivity index (χ1n) is 7.48. The van der Waals surface area contributed by atoms with Crippen LogP contribution in [0.2, 0.25) is 5.15 Å². The summed E-state index contributed by atoms with van der Waals surface area (Å²) in [5.74, 6) is 0.993. The average Bonchev–Trinajstić information content (AvgIpc) is 2.95. The molecule has 7 heteroatoms. The largest absolute Gasteiger partial charge is 0.466 e. The molecule has 2 aromatic heterocycles. The Kier molecular flexibility index (Phi) is 4.87. The third-order valence-corrected chi connectivity index (χ3v) is 4.19. The molecule has 0 aliphatic carbocycles. The maximum absolute atomic E-state index is 12.4. The number of aromatic nitrogens is 2. The van der Waals surface area contributed by atoms with Gasteiger partial charge < -0.3 is 14.8 Å². The predicted octanol–water partition coefficient (Wildman–Crippen LogP) is 2.71. The van der Waals surface area contributed by atoms with Gasteiger partial charge in [-0.3, -0.25) is 9.48 Å². The Morgan fingerprint density at radius 3 is 2.61 bits per heavy atom. The van der Waals surface area contributed by atoms with E-state index in [4.69, 9.17) is 16.0 Å². The number of halogens is 1. The molecule has 0 saturated heterocycles. The smallest absolute Gasteiger partial charge is 0.256 e. The highest BCUT2D eigenvalue weighted by Gasteiger charge is 2.29. The van der Waals surface area contributed by atoms with Crippen LogP contribution in [0.25, 0.3) is 0 Å². The van der Waals surface area contributed by atoms with Gasteiger partial charge >= 0.3 is 0 Å². The Labute approximate surface area is 140 Å². The highest BCUT2D eigenvalue weighted by molar-refractivity contribution is 6.33. The van der Waals surface area contributed by atoms with Gasteiger partial charge in [0, 0.05) is 12.1 Å². The normalized spacial score (nSPS) is 13.9. The molecule has 23 heavy (non-hydrogen) atoms. The van der Waals surface area contributed by atoms with Crippen molar-refractivity contribution in [2.24, 2.45) is 0 Å². The van der Waals surface area contributed by atoms with E-state index in [0.717, 1.165) is 0 Å². The third-order valence-electron chi connectivity index (χ3n) is 3.81. The molecule has 0 spiro atoms. The molecule has 0 fully saturated rings. The highest BCUT2D eigenvalue weighted by atomic mass is 35.5. The van der Waals surface area contributed by atoms with Gasteiger partial charge in [0.1, 0.15) is 22.3 Å². The predicted molar refractivity (Wildman–Crippen MR) is 87.7 cm³/mol. The Morgan fingerprint density at radius 1 is 1.48 bits per heavy atom. The van der Waals surface area contributed by atoms with Gasteiger partial charge in [0.2, 0.25) is 0 Å². The molecule has 0 bridgehead atoms. The number of carbonyl (C=O) groups excluding carboxylic acids is 1. The first-order chi connectivity index (χ1) is 10.7. The number of aryl methyl sites for hydroxylation is 4. The minimum absolute atomic E-state index is 0.0404. The topological polar surface area (TPSA) is 80.3 Å². The number of nitrogens with one attached hydrogen (secondary N) is 1. The lowest BCUT2D eigenvalue weighted by atomic mass is 9.96. The van der Waals surface area contributed by atoms with E-state index in [2.05, 4.69) is 10.4 Å². The van der Waals surface area contributed by atoms with E-state index in [1.54, 1.807) is 31.5 Å². The molecular formula is C16H22ClN3O3. The zero-order valence-electron chi connectivity index (χ0n) is 14.0. The summed E-state index contributed by atoms with van der Waals surface area (Å²) in [7, 11) is 0. The molecule has 0 aliphatic rings. The third kappa shape index (κ3) is 3.43. The Hall–Kier alpha value is -1.79. The molecule has 1 atom stereocenters. The fourth-order valence-corrected chi connectivity index (χ4v) is 3.00. The lowest BCUT2D eigenvalue weighted by Gasteiger charge is -2.23. The summed E-state index contributed by atoms with van der Waals surface area (Å²) in [6.45, 7) is 9.48. The molecule has 6 nitrogen and oxygen atoms in total. The average molecular weight is 340 g/mol. The maximum Gasteiger partial charge on any atom is 0.256 e. The quantitative estimate of drug-likeness (QED) is 0.877. The maximum atomic E-state index is 12.4. The van der Waals surface area contributed by atoms with Crippen molar-refractivity contribution < 1.29 is 14.3 Å². The van der Waals surface area contributed by atoms with Crippen LogP contribution in [0.5, 0.6) is 0 Å². The van der Waals surface area contributed by atoms with Crippen LogP contribution in [0.4, 0.5) is 0 Å². The molecule has 0 saturated carbocycles. The summed E-state index contributed by atoms with van der Waals surface area (Å²) in [5, 5.41) is 17.9. The number of furan rings is 1. The van der Waals surface area contributed by atoms with E-state index in [0.29, 0.717) is 40.0 Å². The van der Waals surface area contributed by atoms with Crippen LogP contribution in [0.1, 0.15) is 47.0 Å². The van der Waals surface area contributed by atoms with Gasteiger partial charge in [-0.25, -0.2) is 0 Å². The van der Waals surface area contributed by atoms with Crippen molar-refractivity contribution >= 4 is 17.5 Å². The number of hydrogen-bond donors (Lipinski definition) is 2. The molecule has 0 radical (unpaired) electrons. The van der Waals surface area contributed by atoms with Gasteiger partial charge in [0.15, 0.2) is 0 Å². The second-order valence-corrected chi connectivity index (χ2v) is 6.21. The van der Waals surface area contributed by atoms with Crippen LogP contribution in [-0.2, 0) is 12.1 Å². The van der Waals surface area contributed by atoms with Gasteiger partial charge in [-0.15, -0.1) is 0 Å². The van der Waals surface area contributed by atoms with Gasteiger partial charge in [-0.05, 0) is 40.7 Å². The fourth-order valence-electron chi connectivity index (χ4n) is 2.62. The SMILES string of the molecule is CCn1nc(C)c(C(=O)NCC(C)(O)c2cc(C)oc2C)c1Cl. The highest BCUT2D eigenvalue weighted by Crippen LogP contribution is 2.27. The van der Waals surface area contributed by atoms with Crippen molar-refractivity contribution in [3.8, 4) is 0 Å². The molecule has 2 aromatic rings. The van der Waals surface area contributed by atoms with Crippen LogP contribution >= 0.6 is 11.6 Å². The summed E-state index contributed by atoms with van der Waals surface area (Å²) >= 11 is 6.18. The number of aliphatic hydroxyl groups is 1. The molecule has 1 unspecified atom stereocenters. The second-order valence-electron chi connectivity index (χ2n) is 5.85. The van der Waals surface area contributed by atoms with Gasteiger partial charge in [0.05, 0.1) is 17.8 Å². The second kappa shape index (κ2) is 6.37. The van der Waals surface area contributed by atoms with E-state index in [1.807, 2.05) is 13.8 Å². The molecule has 1 amide bonds. The van der Waals surface area contributed by atoms with Crippen molar-refractivity contribution in [3.63, 3.8) is 0 Å². The van der Waals surface area contributed by atoms with Crippen molar-refractivity contribution in [2.45, 2.75) is 46.8 Å². The summed E-state index contributed by atoms with van der Waals surface area (Å²) in [5.41, 5.74) is 0.314. The van der Waals surface area contributed by atoms with E-state index < -0.39 is 5.60 Å². The summed E-state index contributed by atoms with van der Waals surface area (Å²) in [6, 6.07) is 1.77. The number of carbonyl (C=O) groups is 1. The van der Waals surface area contributed by atoms with Crippen molar-refractivity contribution in [1.29, 1.82) is 0 Å². The van der Waals surface area contributed by atoms with Gasteiger partial charge in [-0.2, -0.15) is 5.10 Å². The fraction of sp³-hybridized carbons (Fsp3) is 0.500. The van der Waals surface area contributed by atoms with Crippen LogP contribution in [0.3, 0.4) is 0 Å². The summed E-state index contributed by atoms with van der Waals surface area (Å²) in [6.07, 6.45) is 0. The molecular weight excluding hydrogens is 318 g/mol. The van der Waals surface area contributed by atoms with E-state index >= 15 is 0 Å². The molecule has 2 rings (SSSR count). The number of rotatable bonds is 5. The number of amides is 1. The van der Waals surface area contributed by atoms with Crippen LogP contribution < -0.4 is 5.32 Å². The molecule has 0 aromatic carbocycles. The van der Waals surface area contributed by atoms with Crippen LogP contribution in [-0.4, -0.2) is 27.3 Å². The Morgan fingerprint density at radius 2 is 2.13 bits per heavy atom. The van der Waals surface area contributed by atoms with E-state index in [9.17, 15) is 9.90 Å². The first-order valence-corrected chi connectivity index (χ1v) is 7.86. The van der Waals surface area contributed by atoms with Gasteiger partial charge in [-0.1, -0.05) is 11.6 Å². The Bertz CT molecular complexity index is 731. The zero-order valence-corrected chi connectivity index (χ0v) is 14.8. The van der Waals surface area contributed by atoms with Gasteiger partial charge in [0.25, 0.3) is 5.91 Å². The van der Waals surface area contributed by atoms with E-state index in [-0.39, 0.29) is 12.5 Å². The molecule has 126 valence electrons. The summed E-state index contributed by atoms with van der Waals surface area (Å²) in [4.78, 5) is 12.4. The monoisotopic (exact) mass is 339 g/mol. The summed E-state index contributed by atoms with van der Waals surface area (Å²) < 4.78 is 7.00. The molecule has 2 N–H and O–H groups in total. The minimum atomic E-state index is -1.24. The lowest BCUT2D eigenvalue weighted by molar-refractivity contribution is 0.0514. The first kappa shape index (κ1) is 17.6. The Balaban J connectivity index is 2.15. The lowest BCUT2D eigenvalue weighted by Crippen LogP contribution is -2.39. The van der Waals surface area contributed by atoms with Crippen LogP contribution in [0, 0.1) is 20.8 Å². The number of hydrogen-bond acceptors (Lipinski definition) is 4. The zero-order chi connectivity index (χ0) is 17.4. The van der Waals surface area contributed by atoms with E-state index in [1.165, 1.54) is 0 Å². The van der Waals surface area contributed by atoms with Crippen molar-refractivity contribution in [1.82, 2.24) is 15.1 Å². The minimum Gasteiger partial charge on any atom is -0.466 e. The van der Waals surface area contributed by atoms with Crippen LogP contribution in [0.15, 0.2) is 10.5 Å². The van der Waals surface area contributed by atoms with Crippen molar-refractivity contribution in [2.75, 3.05) is 6.54 Å². The number of nitrogens with zero attached hydrogens (tertiary/aromatic N) is 2. The standard InChI is InChI=1S/C16H22ClN3O3/c1-6-20-14(17)13(10(3)19-20)15(21)18-8-16(5,22)12-7-9(2)23-11(12)4/h7,22H,6,8H2,1-5H3,(H,18,21).